The lowest BCUT2D eigenvalue weighted by atomic mass is 10.0. The summed E-state index contributed by atoms with van der Waals surface area (Å²) in [6, 6.07) is 37.5. The van der Waals surface area contributed by atoms with Gasteiger partial charge in [0.2, 0.25) is 11.8 Å². The van der Waals surface area contributed by atoms with Gasteiger partial charge in [-0.25, -0.2) is 8.42 Å². The van der Waals surface area contributed by atoms with Gasteiger partial charge in [0, 0.05) is 25.0 Å². The third-order valence-corrected chi connectivity index (χ3v) is 9.96. The van der Waals surface area contributed by atoms with E-state index in [-0.39, 0.29) is 23.5 Å². The summed E-state index contributed by atoms with van der Waals surface area (Å²) in [5.74, 6) is 0.139. The molecule has 2 amide bonds. The molecule has 0 heterocycles. The van der Waals surface area contributed by atoms with Crippen LogP contribution in [0.2, 0.25) is 5.02 Å². The molecule has 1 unspecified atom stereocenters. The third kappa shape index (κ3) is 8.42. The maximum atomic E-state index is 14.5. The molecule has 10 heteroatoms. The highest BCUT2D eigenvalue weighted by Gasteiger charge is 2.34. The molecule has 0 aliphatic carbocycles. The van der Waals surface area contributed by atoms with Gasteiger partial charge in [-0.05, 0) is 72.6 Å². The van der Waals surface area contributed by atoms with E-state index in [1.807, 2.05) is 67.6 Å². The van der Waals surface area contributed by atoms with Crippen LogP contribution in [-0.4, -0.2) is 44.8 Å². The monoisotopic (exact) mass is 681 g/mol. The van der Waals surface area contributed by atoms with E-state index in [2.05, 4.69) is 5.32 Å². The summed E-state index contributed by atoms with van der Waals surface area (Å²) in [6.45, 7) is 1.26. The smallest absolute Gasteiger partial charge is 0.264 e. The van der Waals surface area contributed by atoms with Gasteiger partial charge in [0.1, 0.15) is 24.1 Å². The largest absolute Gasteiger partial charge is 0.457 e. The van der Waals surface area contributed by atoms with Crippen molar-refractivity contribution >= 4 is 39.1 Å². The minimum absolute atomic E-state index is 0.0221. The fourth-order valence-corrected chi connectivity index (χ4v) is 6.81. The number of nitrogens with zero attached hydrogens (tertiary/aromatic N) is 2. The first kappa shape index (κ1) is 34.2. The number of carbonyl (C=O) groups is 2. The number of hydrogen-bond acceptors (Lipinski definition) is 5. The lowest BCUT2D eigenvalue weighted by Gasteiger charge is -2.33. The van der Waals surface area contributed by atoms with Crippen LogP contribution in [0, 0.1) is 6.92 Å². The number of amides is 2. The van der Waals surface area contributed by atoms with Gasteiger partial charge in [0.05, 0.1) is 10.6 Å². The lowest BCUT2D eigenvalue weighted by Crippen LogP contribution is -2.53. The highest BCUT2D eigenvalue weighted by atomic mass is 35.5. The Labute approximate surface area is 286 Å². The molecule has 8 nitrogen and oxygen atoms in total. The van der Waals surface area contributed by atoms with E-state index < -0.39 is 34.4 Å². The highest BCUT2D eigenvalue weighted by Crippen LogP contribution is 2.29. The van der Waals surface area contributed by atoms with Gasteiger partial charge in [0.15, 0.2) is 0 Å². The topological polar surface area (TPSA) is 96.0 Å². The van der Waals surface area contributed by atoms with E-state index in [9.17, 15) is 18.0 Å². The highest BCUT2D eigenvalue weighted by molar-refractivity contribution is 7.92. The lowest BCUT2D eigenvalue weighted by molar-refractivity contribution is -0.139. The van der Waals surface area contributed by atoms with Crippen molar-refractivity contribution in [3.05, 3.63) is 155 Å². The van der Waals surface area contributed by atoms with Crippen molar-refractivity contribution in [2.24, 2.45) is 0 Å². The summed E-state index contributed by atoms with van der Waals surface area (Å²) >= 11 is 6.53. The Balaban J connectivity index is 1.55. The van der Waals surface area contributed by atoms with Crippen LogP contribution < -0.4 is 14.4 Å². The zero-order chi connectivity index (χ0) is 34.1. The number of rotatable bonds is 13. The number of sulfonamides is 1. The van der Waals surface area contributed by atoms with Crippen LogP contribution in [0.25, 0.3) is 0 Å². The molecule has 246 valence electrons. The fourth-order valence-electron chi connectivity index (χ4n) is 5.20. The minimum atomic E-state index is -4.24. The summed E-state index contributed by atoms with van der Waals surface area (Å²) in [7, 11) is -2.74. The molecule has 5 aromatic carbocycles. The Morgan fingerprint density at radius 1 is 0.771 bits per heavy atom. The van der Waals surface area contributed by atoms with Crippen LogP contribution >= 0.6 is 11.6 Å². The van der Waals surface area contributed by atoms with Crippen molar-refractivity contribution in [3.8, 4) is 11.5 Å². The SMILES string of the molecule is CNC(=O)C(Cc1ccccc1)N(Cc1ccccc1Cl)C(=O)CN(c1ccc(Oc2ccccc2)cc1)S(=O)(=O)c1ccc(C)cc1. The first-order chi connectivity index (χ1) is 23.2. The van der Waals surface area contributed by atoms with Crippen molar-refractivity contribution in [2.45, 2.75) is 30.8 Å². The minimum Gasteiger partial charge on any atom is -0.457 e. The molecule has 0 fully saturated rings. The molecule has 1 N–H and O–H groups in total. The molecular formula is C38H36ClN3O5S. The van der Waals surface area contributed by atoms with Gasteiger partial charge in [-0.15, -0.1) is 0 Å². The fraction of sp³-hybridized carbons (Fsp3) is 0.158. The predicted molar refractivity (Wildman–Crippen MR) is 189 cm³/mol. The summed E-state index contributed by atoms with van der Waals surface area (Å²) in [4.78, 5) is 29.4. The number of likely N-dealkylation sites (N-methyl/N-ethyl adjacent to an activating group) is 1. The molecule has 0 aromatic heterocycles. The molecule has 0 spiro atoms. The van der Waals surface area contributed by atoms with Crippen molar-refractivity contribution < 1.29 is 22.7 Å². The zero-order valence-electron chi connectivity index (χ0n) is 26.6. The number of hydrogen-bond donors (Lipinski definition) is 1. The summed E-state index contributed by atoms with van der Waals surface area (Å²) in [5, 5.41) is 3.10. The van der Waals surface area contributed by atoms with Gasteiger partial charge in [0.25, 0.3) is 10.0 Å². The average Bonchev–Trinajstić information content (AvgIpc) is 3.10. The summed E-state index contributed by atoms with van der Waals surface area (Å²) in [5.41, 5.74) is 2.59. The van der Waals surface area contributed by atoms with Crippen molar-refractivity contribution in [2.75, 3.05) is 17.9 Å². The second-order valence-electron chi connectivity index (χ2n) is 11.2. The van der Waals surface area contributed by atoms with Crippen LogP contribution in [0.1, 0.15) is 16.7 Å². The van der Waals surface area contributed by atoms with Gasteiger partial charge >= 0.3 is 0 Å². The van der Waals surface area contributed by atoms with Crippen molar-refractivity contribution in [1.29, 1.82) is 0 Å². The number of anilines is 1. The molecule has 0 bridgehead atoms. The number of ether oxygens (including phenoxy) is 1. The Hall–Kier alpha value is -5.12. The van der Waals surface area contributed by atoms with E-state index in [4.69, 9.17) is 16.3 Å². The Bertz CT molecular complexity index is 1940. The number of para-hydroxylation sites is 1. The van der Waals surface area contributed by atoms with E-state index in [1.165, 1.54) is 24.1 Å². The summed E-state index contributed by atoms with van der Waals surface area (Å²) in [6.07, 6.45) is 0.201. The van der Waals surface area contributed by atoms with Crippen molar-refractivity contribution in [1.82, 2.24) is 10.2 Å². The van der Waals surface area contributed by atoms with Gasteiger partial charge in [-0.2, -0.15) is 0 Å². The van der Waals surface area contributed by atoms with E-state index in [0.717, 1.165) is 15.4 Å². The molecule has 48 heavy (non-hydrogen) atoms. The standard InChI is InChI=1S/C38H36ClN3O5S/c1-28-17-23-34(24-18-28)48(45,46)42(31-19-21-33(22-20-31)47-32-14-7-4-8-15-32)27-37(43)41(26-30-13-9-10-16-35(30)39)36(38(44)40-2)25-29-11-5-3-6-12-29/h3-24,36H,25-27H2,1-2H3,(H,40,44). The molecule has 0 aliphatic heterocycles. The predicted octanol–water partition coefficient (Wildman–Crippen LogP) is 7.02. The van der Waals surface area contributed by atoms with E-state index in [0.29, 0.717) is 22.1 Å². The Morgan fingerprint density at radius 3 is 1.98 bits per heavy atom. The van der Waals surface area contributed by atoms with Crippen LogP contribution in [-0.2, 0) is 32.6 Å². The van der Waals surface area contributed by atoms with E-state index >= 15 is 0 Å². The number of aryl methyl sites for hydroxylation is 1. The first-order valence-electron chi connectivity index (χ1n) is 15.4. The van der Waals surface area contributed by atoms with E-state index in [1.54, 1.807) is 60.7 Å². The van der Waals surface area contributed by atoms with Crippen molar-refractivity contribution in [3.63, 3.8) is 0 Å². The third-order valence-electron chi connectivity index (χ3n) is 7.81. The normalized spacial score (nSPS) is 11.7. The van der Waals surface area contributed by atoms with Gasteiger partial charge in [-0.1, -0.05) is 96.0 Å². The van der Waals surface area contributed by atoms with Crippen LogP contribution in [0.3, 0.4) is 0 Å². The summed E-state index contributed by atoms with van der Waals surface area (Å²) < 4.78 is 35.5. The zero-order valence-corrected chi connectivity index (χ0v) is 28.2. The van der Waals surface area contributed by atoms with Crippen LogP contribution in [0.4, 0.5) is 5.69 Å². The number of benzene rings is 5. The molecule has 0 radical (unpaired) electrons. The molecule has 0 aliphatic rings. The average molecular weight is 682 g/mol. The molecule has 0 saturated carbocycles. The maximum absolute atomic E-state index is 14.5. The maximum Gasteiger partial charge on any atom is 0.264 e. The Kier molecular flexibility index (Phi) is 11.2. The second-order valence-corrected chi connectivity index (χ2v) is 13.4. The molecule has 5 rings (SSSR count). The number of carbonyl (C=O) groups excluding carboxylic acids is 2. The quantitative estimate of drug-likeness (QED) is 0.144. The molecule has 0 saturated heterocycles. The van der Waals surface area contributed by atoms with Gasteiger partial charge in [-0.3, -0.25) is 13.9 Å². The number of halogens is 1. The van der Waals surface area contributed by atoms with Crippen LogP contribution in [0.15, 0.2) is 138 Å². The Morgan fingerprint density at radius 2 is 1.35 bits per heavy atom. The molecule has 1 atom stereocenters. The van der Waals surface area contributed by atoms with Crippen LogP contribution in [0.5, 0.6) is 11.5 Å². The first-order valence-corrected chi connectivity index (χ1v) is 17.2. The molecular weight excluding hydrogens is 646 g/mol. The molecule has 5 aromatic rings. The second kappa shape index (κ2) is 15.6. The van der Waals surface area contributed by atoms with Gasteiger partial charge < -0.3 is 15.0 Å². The number of nitrogens with one attached hydrogen (secondary N) is 1.